The predicted molar refractivity (Wildman–Crippen MR) is 77.1 cm³/mol. The lowest BCUT2D eigenvalue weighted by Gasteiger charge is -2.11. The van der Waals surface area contributed by atoms with Crippen molar-refractivity contribution in [2.75, 3.05) is 13.6 Å². The Morgan fingerprint density at radius 3 is 2.63 bits per heavy atom. The summed E-state index contributed by atoms with van der Waals surface area (Å²) in [5.74, 6) is 1.57. The molecule has 19 heavy (non-hydrogen) atoms. The van der Waals surface area contributed by atoms with Crippen molar-refractivity contribution >= 4 is 5.76 Å². The first-order valence-corrected chi connectivity index (χ1v) is 6.16. The van der Waals surface area contributed by atoms with Gasteiger partial charge in [0.1, 0.15) is 17.3 Å². The van der Waals surface area contributed by atoms with Crippen molar-refractivity contribution in [1.82, 2.24) is 5.32 Å². The number of phenolic OH excluding ortho intramolecular Hbond substituents is 1. The van der Waals surface area contributed by atoms with Crippen LogP contribution in [0.4, 0.5) is 0 Å². The average molecular weight is 255 g/mol. The third kappa shape index (κ3) is 3.86. The molecule has 0 aliphatic carbocycles. The largest absolute Gasteiger partial charge is 0.508 e. The molecule has 2 aromatic rings. The van der Waals surface area contributed by atoms with E-state index in [0.29, 0.717) is 12.3 Å². The Labute approximate surface area is 113 Å². The van der Waals surface area contributed by atoms with E-state index >= 15 is 0 Å². The molecule has 0 spiro atoms. The van der Waals surface area contributed by atoms with Gasteiger partial charge < -0.3 is 15.2 Å². The summed E-state index contributed by atoms with van der Waals surface area (Å²) < 4.78 is 5.84. The van der Waals surface area contributed by atoms with Crippen molar-refractivity contribution < 1.29 is 9.84 Å². The van der Waals surface area contributed by atoms with Gasteiger partial charge in [-0.25, -0.2) is 0 Å². The minimum absolute atomic E-state index is 0.193. The van der Waals surface area contributed by atoms with Crippen LogP contribution in [0.1, 0.15) is 5.56 Å². The summed E-state index contributed by atoms with van der Waals surface area (Å²) in [5, 5.41) is 12.5. The van der Waals surface area contributed by atoms with Gasteiger partial charge in [0.15, 0.2) is 0 Å². The molecule has 0 radical (unpaired) electrons. The molecule has 0 amide bonds. The summed E-state index contributed by atoms with van der Waals surface area (Å²) in [4.78, 5) is 0. The van der Waals surface area contributed by atoms with Crippen molar-refractivity contribution in [3.63, 3.8) is 0 Å². The molecule has 0 aliphatic rings. The quantitative estimate of drug-likeness (QED) is 0.807. The molecule has 98 valence electrons. The van der Waals surface area contributed by atoms with Gasteiger partial charge in [0.2, 0.25) is 0 Å². The van der Waals surface area contributed by atoms with E-state index < -0.39 is 0 Å². The van der Waals surface area contributed by atoms with Crippen LogP contribution < -0.4 is 10.1 Å². The smallest absolute Gasteiger partial charge is 0.131 e. The van der Waals surface area contributed by atoms with Gasteiger partial charge in [0.25, 0.3) is 0 Å². The van der Waals surface area contributed by atoms with Gasteiger partial charge in [0, 0.05) is 18.2 Å². The third-order valence-corrected chi connectivity index (χ3v) is 2.60. The lowest BCUT2D eigenvalue weighted by atomic mass is 10.2. The van der Waals surface area contributed by atoms with Crippen LogP contribution in [-0.4, -0.2) is 18.7 Å². The molecular formula is C16H17NO2. The van der Waals surface area contributed by atoms with Crippen LogP contribution in [0.25, 0.3) is 5.76 Å². The first-order valence-electron chi connectivity index (χ1n) is 6.16. The fourth-order valence-corrected chi connectivity index (χ4v) is 1.69. The fraction of sp³-hybridized carbons (Fsp3) is 0.125. The molecule has 0 fully saturated rings. The topological polar surface area (TPSA) is 41.5 Å². The Hall–Kier alpha value is -2.26. The van der Waals surface area contributed by atoms with Crippen molar-refractivity contribution in [2.24, 2.45) is 0 Å². The first-order chi connectivity index (χ1) is 9.29. The SMILES string of the molecule is CNCC=C(Oc1cccc(O)c1)c1ccccc1. The third-order valence-electron chi connectivity index (χ3n) is 2.60. The number of nitrogens with one attached hydrogen (secondary N) is 1. The highest BCUT2D eigenvalue weighted by molar-refractivity contribution is 5.62. The minimum Gasteiger partial charge on any atom is -0.508 e. The van der Waals surface area contributed by atoms with Crippen molar-refractivity contribution in [2.45, 2.75) is 0 Å². The van der Waals surface area contributed by atoms with Crippen LogP contribution in [-0.2, 0) is 0 Å². The highest BCUT2D eigenvalue weighted by Gasteiger charge is 2.04. The second kappa shape index (κ2) is 6.61. The maximum Gasteiger partial charge on any atom is 0.131 e. The van der Waals surface area contributed by atoms with E-state index in [9.17, 15) is 5.11 Å². The Kier molecular flexibility index (Phi) is 4.59. The van der Waals surface area contributed by atoms with Crippen molar-refractivity contribution in [3.05, 3.63) is 66.2 Å². The van der Waals surface area contributed by atoms with Crippen LogP contribution in [0.3, 0.4) is 0 Å². The van der Waals surface area contributed by atoms with E-state index in [1.807, 2.05) is 49.5 Å². The summed E-state index contributed by atoms with van der Waals surface area (Å²) in [7, 11) is 1.88. The number of phenols is 1. The zero-order valence-electron chi connectivity index (χ0n) is 10.8. The number of likely N-dealkylation sites (N-methyl/N-ethyl adjacent to an activating group) is 1. The molecule has 2 aromatic carbocycles. The van der Waals surface area contributed by atoms with Crippen LogP contribution in [0, 0.1) is 0 Å². The normalized spacial score (nSPS) is 11.3. The molecule has 0 bridgehead atoms. The number of hydrogen-bond donors (Lipinski definition) is 2. The molecule has 3 nitrogen and oxygen atoms in total. The zero-order chi connectivity index (χ0) is 13.5. The standard InChI is InChI=1S/C16H17NO2/c1-17-11-10-16(13-6-3-2-4-7-13)19-15-9-5-8-14(18)12-15/h2-10,12,17-18H,11H2,1H3. The van der Waals surface area contributed by atoms with Crippen LogP contribution in [0.2, 0.25) is 0 Å². The lowest BCUT2D eigenvalue weighted by Crippen LogP contribution is -2.07. The molecule has 0 saturated heterocycles. The number of aromatic hydroxyl groups is 1. The Morgan fingerprint density at radius 1 is 1.16 bits per heavy atom. The average Bonchev–Trinajstić information content (AvgIpc) is 2.44. The highest BCUT2D eigenvalue weighted by Crippen LogP contribution is 2.23. The molecular weight excluding hydrogens is 238 g/mol. The molecule has 3 heteroatoms. The number of hydrogen-bond acceptors (Lipinski definition) is 3. The van der Waals surface area contributed by atoms with Gasteiger partial charge in [-0.2, -0.15) is 0 Å². The first kappa shape index (κ1) is 13.2. The van der Waals surface area contributed by atoms with E-state index in [0.717, 1.165) is 11.3 Å². The lowest BCUT2D eigenvalue weighted by molar-refractivity contribution is 0.464. The van der Waals surface area contributed by atoms with Crippen molar-refractivity contribution in [3.8, 4) is 11.5 Å². The van der Waals surface area contributed by atoms with Gasteiger partial charge >= 0.3 is 0 Å². The molecule has 2 N–H and O–H groups in total. The van der Waals surface area contributed by atoms with E-state index in [4.69, 9.17) is 4.74 Å². The number of benzene rings is 2. The number of rotatable bonds is 5. The minimum atomic E-state index is 0.193. The zero-order valence-corrected chi connectivity index (χ0v) is 10.8. The Balaban J connectivity index is 2.24. The molecule has 0 atom stereocenters. The van der Waals surface area contributed by atoms with Crippen LogP contribution >= 0.6 is 0 Å². The Morgan fingerprint density at radius 2 is 1.95 bits per heavy atom. The van der Waals surface area contributed by atoms with Crippen molar-refractivity contribution in [1.29, 1.82) is 0 Å². The van der Waals surface area contributed by atoms with E-state index in [2.05, 4.69) is 5.32 Å². The summed E-state index contributed by atoms with van der Waals surface area (Å²) >= 11 is 0. The maximum atomic E-state index is 9.46. The second-order valence-corrected chi connectivity index (χ2v) is 4.09. The fourth-order valence-electron chi connectivity index (χ4n) is 1.69. The molecule has 0 heterocycles. The number of ether oxygens (including phenoxy) is 1. The van der Waals surface area contributed by atoms with E-state index in [1.54, 1.807) is 18.2 Å². The van der Waals surface area contributed by atoms with Gasteiger partial charge in [0.05, 0.1) is 0 Å². The van der Waals surface area contributed by atoms with Gasteiger partial charge in [-0.05, 0) is 25.3 Å². The summed E-state index contributed by atoms with van der Waals surface area (Å²) in [6.07, 6.45) is 1.97. The second-order valence-electron chi connectivity index (χ2n) is 4.09. The monoisotopic (exact) mass is 255 g/mol. The molecule has 0 saturated carbocycles. The molecule has 2 rings (SSSR count). The molecule has 0 unspecified atom stereocenters. The van der Waals surface area contributed by atoms with E-state index in [-0.39, 0.29) is 5.75 Å². The predicted octanol–water partition coefficient (Wildman–Crippen LogP) is 3.03. The maximum absolute atomic E-state index is 9.46. The van der Waals surface area contributed by atoms with E-state index in [1.165, 1.54) is 0 Å². The summed E-state index contributed by atoms with van der Waals surface area (Å²) in [6.45, 7) is 0.711. The molecule has 0 aliphatic heterocycles. The highest BCUT2D eigenvalue weighted by atomic mass is 16.5. The molecule has 0 aromatic heterocycles. The summed E-state index contributed by atoms with van der Waals surface area (Å²) in [5.41, 5.74) is 1.00. The Bertz CT molecular complexity index is 550. The van der Waals surface area contributed by atoms with Gasteiger partial charge in [-0.15, -0.1) is 0 Å². The van der Waals surface area contributed by atoms with Gasteiger partial charge in [-0.3, -0.25) is 0 Å². The summed E-state index contributed by atoms with van der Waals surface area (Å²) in [6, 6.07) is 16.7. The van der Waals surface area contributed by atoms with Crippen LogP contribution in [0.15, 0.2) is 60.7 Å². The van der Waals surface area contributed by atoms with Gasteiger partial charge in [-0.1, -0.05) is 36.4 Å². The van der Waals surface area contributed by atoms with Crippen LogP contribution in [0.5, 0.6) is 11.5 Å².